The lowest BCUT2D eigenvalue weighted by Crippen LogP contribution is -2.31. The zero-order chi connectivity index (χ0) is 14.5. The summed E-state index contributed by atoms with van der Waals surface area (Å²) in [6, 6.07) is 5.52. The van der Waals surface area contributed by atoms with Crippen LogP contribution in [-0.2, 0) is 11.2 Å². The van der Waals surface area contributed by atoms with Crippen molar-refractivity contribution < 1.29 is 19.8 Å². The van der Waals surface area contributed by atoms with Crippen LogP contribution in [-0.4, -0.2) is 41.3 Å². The Balaban J connectivity index is 1.98. The second kappa shape index (κ2) is 6.38. The van der Waals surface area contributed by atoms with Gasteiger partial charge < -0.3 is 20.8 Å². The number of carbonyl (C=O) groups excluding carboxylic acids is 1. The van der Waals surface area contributed by atoms with Crippen LogP contribution in [0.5, 0.6) is 0 Å². The molecule has 1 heterocycles. The molecule has 6 nitrogen and oxygen atoms in total. The topological polar surface area (TPSA) is 98.7 Å². The van der Waals surface area contributed by atoms with E-state index in [4.69, 9.17) is 10.2 Å². The zero-order valence-electron chi connectivity index (χ0n) is 11.1. The van der Waals surface area contributed by atoms with Crippen molar-refractivity contribution in [1.82, 2.24) is 5.32 Å². The molecule has 0 fully saturated rings. The maximum atomic E-state index is 12.1. The molecule has 20 heavy (non-hydrogen) atoms. The molecule has 1 aliphatic rings. The smallest absolute Gasteiger partial charge is 0.332 e. The van der Waals surface area contributed by atoms with Crippen molar-refractivity contribution >= 4 is 17.6 Å². The highest BCUT2D eigenvalue weighted by molar-refractivity contribution is 5.97. The summed E-state index contributed by atoms with van der Waals surface area (Å²) in [6.45, 7) is 1.03. The fraction of sp³-hybridized carbons (Fsp3) is 0.429. The van der Waals surface area contributed by atoms with Crippen LogP contribution in [0.15, 0.2) is 18.2 Å². The van der Waals surface area contributed by atoms with E-state index in [1.54, 1.807) is 6.07 Å². The summed E-state index contributed by atoms with van der Waals surface area (Å²) in [5.41, 5.74) is 2.59. The first-order valence-electron chi connectivity index (χ1n) is 6.64. The highest BCUT2D eigenvalue weighted by atomic mass is 16.4. The number of aliphatic hydroxyl groups is 1. The molecule has 0 aliphatic carbocycles. The van der Waals surface area contributed by atoms with E-state index in [2.05, 4.69) is 10.6 Å². The SMILES string of the molecule is O=C(NCC[C@H](O)C(=O)O)c1cccc2c1CCCN2. The van der Waals surface area contributed by atoms with Gasteiger partial charge in [-0.05, 0) is 30.5 Å². The number of carbonyl (C=O) groups is 2. The van der Waals surface area contributed by atoms with E-state index >= 15 is 0 Å². The highest BCUT2D eigenvalue weighted by Crippen LogP contribution is 2.25. The molecule has 0 spiro atoms. The van der Waals surface area contributed by atoms with Crippen molar-refractivity contribution in [3.8, 4) is 0 Å². The first-order valence-corrected chi connectivity index (χ1v) is 6.64. The van der Waals surface area contributed by atoms with Gasteiger partial charge in [-0.1, -0.05) is 6.07 Å². The van der Waals surface area contributed by atoms with Gasteiger partial charge in [-0.2, -0.15) is 0 Å². The molecule has 0 aromatic heterocycles. The summed E-state index contributed by atoms with van der Waals surface area (Å²) in [4.78, 5) is 22.6. The van der Waals surface area contributed by atoms with E-state index in [9.17, 15) is 9.59 Å². The average molecular weight is 278 g/mol. The van der Waals surface area contributed by atoms with E-state index < -0.39 is 12.1 Å². The Kier molecular flexibility index (Phi) is 4.57. The number of aliphatic carboxylic acids is 1. The standard InChI is InChI=1S/C14H18N2O4/c17-12(14(19)20)6-8-16-13(18)10-3-1-5-11-9(10)4-2-7-15-11/h1,3,5,12,15,17H,2,4,6-8H2,(H,16,18)(H,19,20)/t12-/m0/s1. The molecule has 1 amide bonds. The van der Waals surface area contributed by atoms with Crippen LogP contribution in [0.2, 0.25) is 0 Å². The van der Waals surface area contributed by atoms with Crippen molar-refractivity contribution in [3.63, 3.8) is 0 Å². The van der Waals surface area contributed by atoms with Gasteiger partial charge >= 0.3 is 5.97 Å². The van der Waals surface area contributed by atoms with Crippen LogP contribution >= 0.6 is 0 Å². The van der Waals surface area contributed by atoms with Crippen LogP contribution in [0.25, 0.3) is 0 Å². The molecule has 2 rings (SSSR count). The van der Waals surface area contributed by atoms with Crippen molar-refractivity contribution in [1.29, 1.82) is 0 Å². The number of rotatable bonds is 5. The van der Waals surface area contributed by atoms with Gasteiger partial charge in [0.2, 0.25) is 0 Å². The van der Waals surface area contributed by atoms with E-state index in [0.29, 0.717) is 5.56 Å². The highest BCUT2D eigenvalue weighted by Gasteiger charge is 2.18. The lowest BCUT2D eigenvalue weighted by molar-refractivity contribution is -0.146. The number of nitrogens with one attached hydrogen (secondary N) is 2. The second-order valence-corrected chi connectivity index (χ2v) is 4.76. The van der Waals surface area contributed by atoms with Gasteiger partial charge in [0.05, 0.1) is 0 Å². The lowest BCUT2D eigenvalue weighted by Gasteiger charge is -2.20. The molecule has 1 aromatic rings. The molecule has 0 bridgehead atoms. The Hall–Kier alpha value is -2.08. The fourth-order valence-corrected chi connectivity index (χ4v) is 2.26. The van der Waals surface area contributed by atoms with Crippen LogP contribution < -0.4 is 10.6 Å². The number of aliphatic hydroxyl groups excluding tert-OH is 1. The number of hydrogen-bond donors (Lipinski definition) is 4. The molecule has 6 heteroatoms. The van der Waals surface area contributed by atoms with Crippen LogP contribution in [0, 0.1) is 0 Å². The quantitative estimate of drug-likeness (QED) is 0.632. The molecule has 1 atom stereocenters. The molecule has 0 radical (unpaired) electrons. The van der Waals surface area contributed by atoms with E-state index in [-0.39, 0.29) is 18.9 Å². The molecule has 0 unspecified atom stereocenters. The molecule has 4 N–H and O–H groups in total. The van der Waals surface area contributed by atoms with Crippen LogP contribution in [0.1, 0.15) is 28.8 Å². The summed E-state index contributed by atoms with van der Waals surface area (Å²) < 4.78 is 0. The number of amides is 1. The molecule has 108 valence electrons. The average Bonchev–Trinajstić information content (AvgIpc) is 2.46. The van der Waals surface area contributed by atoms with Gasteiger partial charge in [0.25, 0.3) is 5.91 Å². The Morgan fingerprint density at radius 1 is 1.40 bits per heavy atom. The van der Waals surface area contributed by atoms with E-state index in [0.717, 1.165) is 30.6 Å². The number of fused-ring (bicyclic) bond motifs is 1. The van der Waals surface area contributed by atoms with Gasteiger partial charge in [-0.15, -0.1) is 0 Å². The van der Waals surface area contributed by atoms with Crippen molar-refractivity contribution in [2.24, 2.45) is 0 Å². The Morgan fingerprint density at radius 3 is 2.95 bits per heavy atom. The Labute approximate surface area is 116 Å². The molecular weight excluding hydrogens is 260 g/mol. The van der Waals surface area contributed by atoms with Gasteiger partial charge in [0.15, 0.2) is 6.10 Å². The monoisotopic (exact) mass is 278 g/mol. The third-order valence-electron chi connectivity index (χ3n) is 3.33. The summed E-state index contributed by atoms with van der Waals surface area (Å²) in [6.07, 6.45) is 0.384. The number of benzene rings is 1. The zero-order valence-corrected chi connectivity index (χ0v) is 11.1. The Morgan fingerprint density at radius 2 is 2.20 bits per heavy atom. The minimum absolute atomic E-state index is 0.00561. The molecule has 1 aromatic carbocycles. The first-order chi connectivity index (χ1) is 9.59. The predicted molar refractivity (Wildman–Crippen MR) is 73.8 cm³/mol. The maximum Gasteiger partial charge on any atom is 0.332 e. The van der Waals surface area contributed by atoms with Crippen molar-refractivity contribution in [2.75, 3.05) is 18.4 Å². The van der Waals surface area contributed by atoms with Gasteiger partial charge in [-0.3, -0.25) is 4.79 Å². The first kappa shape index (κ1) is 14.3. The number of hydrogen-bond acceptors (Lipinski definition) is 4. The molecule has 1 aliphatic heterocycles. The summed E-state index contributed by atoms with van der Waals surface area (Å²) in [7, 11) is 0. The molecule has 0 saturated heterocycles. The Bertz CT molecular complexity index is 516. The normalized spacial score (nSPS) is 14.8. The summed E-state index contributed by atoms with van der Waals surface area (Å²) in [5, 5.41) is 23.6. The third kappa shape index (κ3) is 3.27. The third-order valence-corrected chi connectivity index (χ3v) is 3.33. The van der Waals surface area contributed by atoms with E-state index in [1.165, 1.54) is 0 Å². The summed E-state index contributed by atoms with van der Waals surface area (Å²) >= 11 is 0. The lowest BCUT2D eigenvalue weighted by atomic mass is 9.97. The minimum Gasteiger partial charge on any atom is -0.479 e. The van der Waals surface area contributed by atoms with Crippen molar-refractivity contribution in [3.05, 3.63) is 29.3 Å². The van der Waals surface area contributed by atoms with Crippen molar-refractivity contribution in [2.45, 2.75) is 25.4 Å². The maximum absolute atomic E-state index is 12.1. The van der Waals surface area contributed by atoms with Gasteiger partial charge in [0.1, 0.15) is 0 Å². The van der Waals surface area contributed by atoms with E-state index in [1.807, 2.05) is 12.1 Å². The number of anilines is 1. The largest absolute Gasteiger partial charge is 0.479 e. The van der Waals surface area contributed by atoms with Gasteiger partial charge in [0, 0.05) is 30.8 Å². The van der Waals surface area contributed by atoms with Gasteiger partial charge in [-0.25, -0.2) is 4.79 Å². The fourth-order valence-electron chi connectivity index (χ4n) is 2.26. The summed E-state index contributed by atoms with van der Waals surface area (Å²) in [5.74, 6) is -1.51. The predicted octanol–water partition coefficient (Wildman–Crippen LogP) is 0.610. The van der Waals surface area contributed by atoms with Crippen LogP contribution in [0.3, 0.4) is 0 Å². The molecular formula is C14H18N2O4. The number of carboxylic acid groups (broad SMARTS) is 1. The number of carboxylic acids is 1. The van der Waals surface area contributed by atoms with Crippen LogP contribution in [0.4, 0.5) is 5.69 Å². The second-order valence-electron chi connectivity index (χ2n) is 4.76. The minimum atomic E-state index is -1.44. The molecule has 0 saturated carbocycles.